The highest BCUT2D eigenvalue weighted by molar-refractivity contribution is 7.71. The van der Waals surface area contributed by atoms with Crippen LogP contribution in [0, 0.1) is 29.6 Å². The van der Waals surface area contributed by atoms with Gasteiger partial charge in [-0.2, -0.15) is 0 Å². The fraction of sp³-hybridized carbons (Fsp3) is 0.722. The zero-order valence-electron chi connectivity index (χ0n) is 15.7. The van der Waals surface area contributed by atoms with Gasteiger partial charge in [-0.05, 0) is 43.3 Å². The van der Waals surface area contributed by atoms with Gasteiger partial charge in [0, 0.05) is 24.8 Å². The summed E-state index contributed by atoms with van der Waals surface area (Å²) in [6.07, 6.45) is 4.30. The summed E-state index contributed by atoms with van der Waals surface area (Å²) in [6, 6.07) is 0. The van der Waals surface area contributed by atoms with Crippen LogP contribution in [0.1, 0.15) is 38.0 Å². The number of nitrogens with zero attached hydrogens (tertiary/aromatic N) is 2. The Balaban J connectivity index is 1.58. The fourth-order valence-electron chi connectivity index (χ4n) is 4.78. The van der Waals surface area contributed by atoms with Gasteiger partial charge in [-0.15, -0.1) is 0 Å². The normalized spacial score (nSPS) is 37.5. The quantitative estimate of drug-likeness (QED) is 0.337. The number of H-pyrrole nitrogens is 1. The van der Waals surface area contributed by atoms with E-state index in [9.17, 15) is 4.79 Å². The Hall–Kier alpha value is -1.10. The van der Waals surface area contributed by atoms with Gasteiger partial charge in [0.1, 0.15) is 18.4 Å². The summed E-state index contributed by atoms with van der Waals surface area (Å²) in [5.74, 6) is 0.625. The number of aromatic nitrogens is 2. The second-order valence-electron chi connectivity index (χ2n) is 8.08. The van der Waals surface area contributed by atoms with Gasteiger partial charge in [0.2, 0.25) is 6.54 Å². The minimum atomic E-state index is -1.09. The van der Waals surface area contributed by atoms with Crippen molar-refractivity contribution in [2.24, 2.45) is 11.3 Å². The molecule has 27 heavy (non-hydrogen) atoms. The van der Waals surface area contributed by atoms with E-state index in [1.54, 1.807) is 13.1 Å². The molecule has 2 aliphatic carbocycles. The van der Waals surface area contributed by atoms with Crippen LogP contribution in [0.25, 0.3) is 4.85 Å². The molecule has 1 aromatic heterocycles. The number of rotatable bonds is 6. The molecule has 146 valence electrons. The molecule has 2 saturated carbocycles. The third-order valence-electron chi connectivity index (χ3n) is 6.18. The maximum atomic E-state index is 11.8. The van der Waals surface area contributed by atoms with Crippen LogP contribution in [0.3, 0.4) is 0 Å². The van der Waals surface area contributed by atoms with Crippen molar-refractivity contribution in [1.29, 1.82) is 0 Å². The van der Waals surface area contributed by atoms with E-state index in [0.29, 0.717) is 35.8 Å². The highest BCUT2D eigenvalue weighted by atomic mass is 32.1. The number of hydrogen-bond donors (Lipinski definition) is 1. The van der Waals surface area contributed by atoms with Crippen LogP contribution in [-0.2, 0) is 13.8 Å². The van der Waals surface area contributed by atoms with Gasteiger partial charge in [0.25, 0.3) is 5.56 Å². The minimum absolute atomic E-state index is 0.0106. The molecule has 1 aromatic rings. The van der Waals surface area contributed by atoms with Crippen LogP contribution < -0.4 is 5.56 Å². The predicted octanol–water partition coefficient (Wildman–Crippen LogP) is 3.56. The highest BCUT2D eigenvalue weighted by Crippen LogP contribution is 2.73. The van der Waals surface area contributed by atoms with E-state index < -0.39 is 8.38 Å². The molecule has 0 spiro atoms. The van der Waals surface area contributed by atoms with Crippen LogP contribution in [0.4, 0.5) is 0 Å². The highest BCUT2D eigenvalue weighted by Gasteiger charge is 2.74. The van der Waals surface area contributed by atoms with Gasteiger partial charge in [-0.25, -0.2) is 6.57 Å². The zero-order valence-corrected chi connectivity index (χ0v) is 17.4. The second-order valence-corrected chi connectivity index (χ2v) is 9.78. The van der Waals surface area contributed by atoms with Crippen LogP contribution in [0.15, 0.2) is 11.0 Å². The smallest absolute Gasteiger partial charge is 0.254 e. The average Bonchev–Trinajstić information content (AvgIpc) is 2.98. The van der Waals surface area contributed by atoms with Gasteiger partial charge in [-0.3, -0.25) is 14.3 Å². The molecule has 7 nitrogen and oxygen atoms in total. The lowest BCUT2D eigenvalue weighted by Gasteiger charge is -2.33. The third kappa shape index (κ3) is 3.20. The summed E-state index contributed by atoms with van der Waals surface area (Å²) in [7, 11) is -1.09. The molecule has 3 fully saturated rings. The Labute approximate surface area is 164 Å². The Kier molecular flexibility index (Phi) is 4.81. The number of fused-ring (bicyclic) bond motifs is 3. The standard InChI is InChI=1S/C18H24N3O4PS/c1-11-10-21(16(27)20-14(11)22)13-9-18(25-26(4)23-6-5-19-3)8-12-7-17(12,2)15(18)24-13/h10,12-13,15H,5-9H2,1-2,4H3,(H,20,22,27)/t12?,13-,15-,17+,18+,26?/m1/s1. The molecule has 4 rings (SSSR count). The first-order valence-corrected chi connectivity index (χ1v) is 11.2. The molecule has 9 heteroatoms. The Bertz CT molecular complexity index is 911. The van der Waals surface area contributed by atoms with Gasteiger partial charge in [0.15, 0.2) is 13.1 Å². The molecule has 1 N–H and O–H groups in total. The second kappa shape index (κ2) is 6.75. The first kappa shape index (κ1) is 19.2. The molecular weight excluding hydrogens is 385 g/mol. The molecule has 0 aromatic carbocycles. The molecule has 0 amide bonds. The lowest BCUT2D eigenvalue weighted by Crippen LogP contribution is -2.40. The van der Waals surface area contributed by atoms with Crippen LogP contribution in [0.2, 0.25) is 0 Å². The summed E-state index contributed by atoms with van der Waals surface area (Å²) in [6.45, 7) is 13.6. The molecule has 1 saturated heterocycles. The zero-order chi connectivity index (χ0) is 19.4. The van der Waals surface area contributed by atoms with Crippen molar-refractivity contribution < 1.29 is 13.8 Å². The number of hydrogen-bond acceptors (Lipinski definition) is 5. The summed E-state index contributed by atoms with van der Waals surface area (Å²) in [5, 5.41) is 0. The topological polar surface area (TPSA) is 69.8 Å². The SMILES string of the molecule is [C-]#[N+]CCOP(C)O[C@]12CC3C[C@]3(C)[C@H]1O[C@@H](n1cc(C)c(=O)[nH]c1=S)C2. The third-order valence-corrected chi connectivity index (χ3v) is 7.66. The van der Waals surface area contributed by atoms with Crippen molar-refractivity contribution in [2.45, 2.75) is 51.0 Å². The summed E-state index contributed by atoms with van der Waals surface area (Å²) in [5.41, 5.74) is 0.190. The first-order valence-electron chi connectivity index (χ1n) is 9.15. The van der Waals surface area contributed by atoms with Crippen LogP contribution in [0.5, 0.6) is 0 Å². The van der Waals surface area contributed by atoms with E-state index in [2.05, 4.69) is 16.8 Å². The maximum Gasteiger partial charge on any atom is 0.254 e. The summed E-state index contributed by atoms with van der Waals surface area (Å²) < 4.78 is 20.9. The molecule has 2 unspecified atom stereocenters. The monoisotopic (exact) mass is 409 g/mol. The Morgan fingerprint density at radius 2 is 2.30 bits per heavy atom. The molecule has 1 aliphatic heterocycles. The molecule has 0 bridgehead atoms. The van der Waals surface area contributed by atoms with Crippen molar-refractivity contribution in [1.82, 2.24) is 9.55 Å². The predicted molar refractivity (Wildman–Crippen MR) is 104 cm³/mol. The average molecular weight is 409 g/mol. The lowest BCUT2D eigenvalue weighted by atomic mass is 9.89. The van der Waals surface area contributed by atoms with Crippen LogP contribution in [-0.4, -0.2) is 41.1 Å². The molecule has 2 heterocycles. The number of aromatic amines is 1. The van der Waals surface area contributed by atoms with E-state index in [1.165, 1.54) is 0 Å². The maximum absolute atomic E-state index is 11.8. The van der Waals surface area contributed by atoms with Crippen molar-refractivity contribution in [3.8, 4) is 0 Å². The van der Waals surface area contributed by atoms with E-state index in [-0.39, 0.29) is 28.9 Å². The van der Waals surface area contributed by atoms with Gasteiger partial charge < -0.3 is 18.6 Å². The van der Waals surface area contributed by atoms with Gasteiger partial charge in [-0.1, -0.05) is 6.92 Å². The molecule has 6 atom stereocenters. The van der Waals surface area contributed by atoms with Crippen LogP contribution >= 0.6 is 20.6 Å². The fourth-order valence-corrected chi connectivity index (χ4v) is 6.19. The number of nitrogens with one attached hydrogen (secondary N) is 1. The Morgan fingerprint density at radius 1 is 1.52 bits per heavy atom. The van der Waals surface area contributed by atoms with E-state index in [0.717, 1.165) is 12.8 Å². The molecule has 3 aliphatic rings. The minimum Gasteiger partial charge on any atom is -0.351 e. The largest absolute Gasteiger partial charge is 0.351 e. The molecule has 0 radical (unpaired) electrons. The summed E-state index contributed by atoms with van der Waals surface area (Å²) >= 11 is 5.37. The van der Waals surface area contributed by atoms with Crippen molar-refractivity contribution >= 4 is 20.6 Å². The van der Waals surface area contributed by atoms with Crippen molar-refractivity contribution in [3.63, 3.8) is 0 Å². The number of aryl methyl sites for hydroxylation is 1. The molecular formula is C18H24N3O4PS. The van der Waals surface area contributed by atoms with E-state index in [1.807, 2.05) is 11.2 Å². The van der Waals surface area contributed by atoms with E-state index in [4.69, 9.17) is 32.6 Å². The van der Waals surface area contributed by atoms with Crippen molar-refractivity contribution in [2.75, 3.05) is 19.8 Å². The number of ether oxygens (including phenoxy) is 1. The van der Waals surface area contributed by atoms with Crippen molar-refractivity contribution in [3.05, 3.63) is 38.3 Å². The lowest BCUT2D eigenvalue weighted by molar-refractivity contribution is -0.0652. The van der Waals surface area contributed by atoms with Gasteiger partial charge in [0.05, 0.1) is 6.10 Å². The first-order chi connectivity index (χ1) is 12.8. The summed E-state index contributed by atoms with van der Waals surface area (Å²) in [4.78, 5) is 17.9. The Morgan fingerprint density at radius 3 is 3.04 bits per heavy atom. The van der Waals surface area contributed by atoms with E-state index >= 15 is 0 Å². The van der Waals surface area contributed by atoms with Gasteiger partial charge >= 0.3 is 0 Å².